The van der Waals surface area contributed by atoms with Crippen LogP contribution in [0.4, 0.5) is 0 Å². The van der Waals surface area contributed by atoms with Crippen LogP contribution in [0.25, 0.3) is 0 Å². The van der Waals surface area contributed by atoms with Crippen LogP contribution in [0.2, 0.25) is 0 Å². The molecule has 0 aromatic carbocycles. The van der Waals surface area contributed by atoms with Gasteiger partial charge in [0, 0.05) is 30.1 Å². The summed E-state index contributed by atoms with van der Waals surface area (Å²) in [6.07, 6.45) is -0.118. The summed E-state index contributed by atoms with van der Waals surface area (Å²) in [7, 11) is 0.835. The van der Waals surface area contributed by atoms with Gasteiger partial charge in [-0.2, -0.15) is 0 Å². The highest BCUT2D eigenvalue weighted by molar-refractivity contribution is 6.22. The fraction of sp³-hybridized carbons (Fsp3) is 0.818. The van der Waals surface area contributed by atoms with E-state index in [-0.39, 0.29) is 6.10 Å². The van der Waals surface area contributed by atoms with Gasteiger partial charge in [-0.15, -0.1) is 0 Å². The van der Waals surface area contributed by atoms with Gasteiger partial charge in [0.25, 0.3) is 0 Å². The fourth-order valence-electron chi connectivity index (χ4n) is 1.66. The highest BCUT2D eigenvalue weighted by Crippen LogP contribution is 2.27. The second-order valence-corrected chi connectivity index (χ2v) is 4.62. The molecule has 1 unspecified atom stereocenters. The molecule has 0 aliphatic rings. The summed E-state index contributed by atoms with van der Waals surface area (Å²) in [5.41, 5.74) is 0. The van der Waals surface area contributed by atoms with E-state index in [2.05, 4.69) is 6.58 Å². The first kappa shape index (κ1) is 14.8. The minimum atomic E-state index is -0.744. The molecule has 0 rings (SSSR count). The van der Waals surface area contributed by atoms with Crippen molar-refractivity contribution in [3.05, 3.63) is 11.8 Å². The molecule has 0 spiro atoms. The molecule has 0 aliphatic carbocycles. The van der Waals surface area contributed by atoms with Gasteiger partial charge < -0.3 is 14.2 Å². The lowest BCUT2D eigenvalue weighted by molar-refractivity contribution is -0.257. The maximum Gasteiger partial charge on any atom is 0.212 e. The molecule has 15 heavy (non-hydrogen) atoms. The van der Waals surface area contributed by atoms with Gasteiger partial charge in [0.15, 0.2) is 0 Å². The monoisotopic (exact) mass is 232 g/mol. The van der Waals surface area contributed by atoms with E-state index in [0.29, 0.717) is 19.8 Å². The van der Waals surface area contributed by atoms with Crippen LogP contribution in [-0.4, -0.2) is 42.0 Å². The predicted octanol–water partition coefficient (Wildman–Crippen LogP) is 1.06. The van der Waals surface area contributed by atoms with Crippen LogP contribution in [0.15, 0.2) is 11.8 Å². The lowest BCUT2D eigenvalue weighted by atomic mass is 10.1. The zero-order valence-electron chi connectivity index (χ0n) is 10.6. The van der Waals surface area contributed by atoms with Gasteiger partial charge in [-0.05, 0) is 32.9 Å². The molecule has 0 radical (unpaired) electrons. The second kappa shape index (κ2) is 7.17. The van der Waals surface area contributed by atoms with Crippen LogP contribution in [0, 0.1) is 0 Å². The van der Waals surface area contributed by atoms with Crippen LogP contribution in [0.3, 0.4) is 0 Å². The smallest absolute Gasteiger partial charge is 0.212 e. The fourth-order valence-corrected chi connectivity index (χ4v) is 2.35. The van der Waals surface area contributed by atoms with Crippen molar-refractivity contribution in [2.45, 2.75) is 39.6 Å². The molecule has 0 saturated heterocycles. The Kier molecular flexibility index (Phi) is 7.09. The van der Waals surface area contributed by atoms with Gasteiger partial charge in [0.1, 0.15) is 6.10 Å². The quantitative estimate of drug-likeness (QED) is 0.463. The Morgan fingerprint density at radius 3 is 1.93 bits per heavy atom. The number of hydrogen-bond donors (Lipinski definition) is 0. The normalized spacial score (nSPS) is 14.1. The van der Waals surface area contributed by atoms with Gasteiger partial charge in [0.05, 0.1) is 0 Å². The van der Waals surface area contributed by atoms with E-state index < -0.39 is 5.79 Å². The van der Waals surface area contributed by atoms with Crippen molar-refractivity contribution in [1.29, 1.82) is 0 Å². The third-order valence-electron chi connectivity index (χ3n) is 2.26. The lowest BCUT2D eigenvalue weighted by Gasteiger charge is -2.38. The minimum absolute atomic E-state index is 0.118. The Hall–Kier alpha value is -0.163. The first-order chi connectivity index (χ1) is 7.05. The predicted molar refractivity (Wildman–Crippen MR) is 66.2 cm³/mol. The first-order valence-corrected chi connectivity index (χ1v) is 6.60. The van der Waals surface area contributed by atoms with E-state index in [1.54, 1.807) is 0 Å². The van der Waals surface area contributed by atoms with Gasteiger partial charge in [0.2, 0.25) is 5.79 Å². The average Bonchev–Trinajstić information content (AvgIpc) is 2.17. The third-order valence-corrected chi connectivity index (χ3v) is 2.96. The van der Waals surface area contributed by atoms with Crippen molar-refractivity contribution in [2.75, 3.05) is 19.8 Å². The van der Waals surface area contributed by atoms with E-state index >= 15 is 0 Å². The van der Waals surface area contributed by atoms with Crippen molar-refractivity contribution >= 4 is 10.2 Å². The summed E-state index contributed by atoms with van der Waals surface area (Å²) >= 11 is 0. The molecular weight excluding hydrogens is 208 g/mol. The Bertz CT molecular complexity index is 188. The lowest BCUT2D eigenvalue weighted by Crippen LogP contribution is -2.49. The molecule has 0 aliphatic heterocycles. The van der Waals surface area contributed by atoms with Crippen molar-refractivity contribution < 1.29 is 14.2 Å². The van der Waals surface area contributed by atoms with Crippen LogP contribution in [-0.2, 0) is 14.2 Å². The largest absolute Gasteiger partial charge is 0.373 e. The van der Waals surface area contributed by atoms with E-state index in [9.17, 15) is 0 Å². The molecule has 90 valence electrons. The first-order valence-electron chi connectivity index (χ1n) is 5.60. The maximum absolute atomic E-state index is 5.73. The van der Waals surface area contributed by atoms with Gasteiger partial charge in [-0.1, -0.05) is 6.58 Å². The van der Waals surface area contributed by atoms with Crippen LogP contribution in [0.1, 0.15) is 27.7 Å². The van der Waals surface area contributed by atoms with Gasteiger partial charge >= 0.3 is 0 Å². The molecule has 0 aromatic heterocycles. The third kappa shape index (κ3) is 3.72. The summed E-state index contributed by atoms with van der Waals surface area (Å²) < 4.78 is 17.1. The Balaban J connectivity index is 4.83. The molecule has 0 saturated carbocycles. The Morgan fingerprint density at radius 2 is 1.67 bits per heavy atom. The highest BCUT2D eigenvalue weighted by atomic mass is 28.1. The zero-order chi connectivity index (χ0) is 11.9. The maximum atomic E-state index is 5.73. The highest BCUT2D eigenvalue weighted by Gasteiger charge is 2.39. The molecular formula is C11H24O3Si. The topological polar surface area (TPSA) is 27.7 Å². The molecule has 1 atom stereocenters. The number of hydrogen-bond acceptors (Lipinski definition) is 3. The van der Waals surface area contributed by atoms with Gasteiger partial charge in [-0.3, -0.25) is 0 Å². The van der Waals surface area contributed by atoms with Crippen molar-refractivity contribution in [3.8, 4) is 0 Å². The van der Waals surface area contributed by atoms with Crippen LogP contribution < -0.4 is 0 Å². The van der Waals surface area contributed by atoms with Crippen molar-refractivity contribution in [3.63, 3.8) is 0 Å². The van der Waals surface area contributed by atoms with Gasteiger partial charge in [-0.25, -0.2) is 0 Å². The Morgan fingerprint density at radius 1 is 1.20 bits per heavy atom. The molecule has 0 amide bonds. The minimum Gasteiger partial charge on any atom is -0.373 e. The number of ether oxygens (including phenoxy) is 3. The summed E-state index contributed by atoms with van der Waals surface area (Å²) in [6.45, 7) is 13.7. The zero-order valence-corrected chi connectivity index (χ0v) is 12.6. The van der Waals surface area contributed by atoms with E-state index in [0.717, 1.165) is 15.4 Å². The summed E-state index contributed by atoms with van der Waals surface area (Å²) in [5.74, 6) is -0.744. The molecule has 0 bridgehead atoms. The van der Waals surface area contributed by atoms with Crippen molar-refractivity contribution in [1.82, 2.24) is 0 Å². The Labute approximate surface area is 96.2 Å². The number of rotatable bonds is 8. The molecule has 3 nitrogen and oxygen atoms in total. The second-order valence-electron chi connectivity index (χ2n) is 3.41. The summed E-state index contributed by atoms with van der Waals surface area (Å²) in [4.78, 5) is 0. The summed E-state index contributed by atoms with van der Waals surface area (Å²) in [6, 6.07) is 0. The summed E-state index contributed by atoms with van der Waals surface area (Å²) in [5, 5.41) is 0.979. The molecule has 0 heterocycles. The molecule has 0 N–H and O–H groups in total. The SMILES string of the molecule is C=C([SiH3])C(OCC)(OCC)C(C)OCC. The standard InChI is InChI=1S/C11H24O3Si/c1-6-12-9(4)11(10(5)15,13-7-2)14-8-3/h9H,5-8H2,1-4,15H3. The molecule has 4 heteroatoms. The van der Waals surface area contributed by atoms with E-state index in [1.807, 2.05) is 27.7 Å². The van der Waals surface area contributed by atoms with Crippen LogP contribution in [0.5, 0.6) is 0 Å². The van der Waals surface area contributed by atoms with Crippen LogP contribution >= 0.6 is 0 Å². The van der Waals surface area contributed by atoms with Crippen molar-refractivity contribution in [2.24, 2.45) is 0 Å². The van der Waals surface area contributed by atoms with E-state index in [1.165, 1.54) is 0 Å². The van der Waals surface area contributed by atoms with E-state index in [4.69, 9.17) is 14.2 Å². The molecule has 0 aromatic rings. The average molecular weight is 232 g/mol. The molecule has 0 fully saturated rings.